The molecule has 0 aromatic heterocycles. The number of hydrogen-bond acceptors (Lipinski definition) is 2. The zero-order valence-corrected chi connectivity index (χ0v) is 13.7. The Bertz CT molecular complexity index is 619. The summed E-state index contributed by atoms with van der Waals surface area (Å²) in [5.74, 6) is -0.199. The maximum absolute atomic E-state index is 13.9. The third-order valence-corrected chi connectivity index (χ3v) is 4.69. The first-order chi connectivity index (χ1) is 11.0. The van der Waals surface area contributed by atoms with Crippen molar-refractivity contribution in [1.82, 2.24) is 9.80 Å². The van der Waals surface area contributed by atoms with Crippen LogP contribution in [0, 0.1) is 11.7 Å². The minimum atomic E-state index is -0.603. The highest BCUT2D eigenvalue weighted by atomic mass is 35.5. The van der Waals surface area contributed by atoms with Crippen molar-refractivity contribution in [3.63, 3.8) is 0 Å². The third-order valence-electron chi connectivity index (χ3n) is 4.46. The summed E-state index contributed by atoms with van der Waals surface area (Å²) >= 11 is 5.72. The molecular weight excluding hydrogens is 319 g/mol. The topological polar surface area (TPSA) is 40.6 Å². The van der Waals surface area contributed by atoms with Gasteiger partial charge in [-0.2, -0.15) is 0 Å². The summed E-state index contributed by atoms with van der Waals surface area (Å²) in [5.41, 5.74) is 0.0344. The maximum atomic E-state index is 13.9. The Morgan fingerprint density at radius 2 is 1.83 bits per heavy atom. The lowest BCUT2D eigenvalue weighted by atomic mass is 10.2. The molecule has 0 N–H and O–H groups in total. The lowest BCUT2D eigenvalue weighted by Gasteiger charge is -2.22. The molecule has 2 aliphatic rings. The number of benzene rings is 1. The largest absolute Gasteiger partial charge is 0.341 e. The molecule has 1 saturated carbocycles. The monoisotopic (exact) mass is 338 g/mol. The molecule has 1 aliphatic heterocycles. The molecule has 6 heteroatoms. The molecular formula is C17H20ClFN2O2. The fourth-order valence-electron chi connectivity index (χ4n) is 2.90. The normalized spacial score (nSPS) is 18.7. The van der Waals surface area contributed by atoms with Crippen LogP contribution in [0.5, 0.6) is 0 Å². The van der Waals surface area contributed by atoms with Crippen LogP contribution in [0.3, 0.4) is 0 Å². The van der Waals surface area contributed by atoms with Gasteiger partial charge in [0.1, 0.15) is 5.82 Å². The molecule has 4 nitrogen and oxygen atoms in total. The van der Waals surface area contributed by atoms with Crippen LogP contribution in [-0.4, -0.2) is 47.8 Å². The van der Waals surface area contributed by atoms with Gasteiger partial charge in [0.2, 0.25) is 5.91 Å². The van der Waals surface area contributed by atoms with E-state index in [0.717, 1.165) is 25.3 Å². The quantitative estimate of drug-likeness (QED) is 0.850. The zero-order chi connectivity index (χ0) is 16.4. The van der Waals surface area contributed by atoms with E-state index in [0.29, 0.717) is 38.5 Å². The SMILES string of the molecule is O=C(CC1CC1)N1CCCN(C(=O)c2ccc(Cl)cc2F)CC1. The molecule has 0 atom stereocenters. The van der Waals surface area contributed by atoms with Crippen LogP contribution in [0.4, 0.5) is 4.39 Å². The standard InChI is InChI=1S/C17H20ClFN2O2/c18-13-4-5-14(15(19)11-13)17(23)21-7-1-6-20(8-9-21)16(22)10-12-2-3-12/h4-5,11-12H,1-3,6-10H2. The number of halogens is 2. The molecule has 0 bridgehead atoms. The van der Waals surface area contributed by atoms with E-state index < -0.39 is 5.82 Å². The molecule has 2 fully saturated rings. The van der Waals surface area contributed by atoms with Crippen molar-refractivity contribution >= 4 is 23.4 Å². The number of nitrogens with zero attached hydrogens (tertiary/aromatic N) is 2. The summed E-state index contributed by atoms with van der Waals surface area (Å²) in [7, 11) is 0. The molecule has 124 valence electrons. The second-order valence-corrected chi connectivity index (χ2v) is 6.73. The van der Waals surface area contributed by atoms with Gasteiger partial charge in [-0.15, -0.1) is 0 Å². The molecule has 1 aromatic carbocycles. The number of carbonyl (C=O) groups is 2. The minimum absolute atomic E-state index is 0.0344. The minimum Gasteiger partial charge on any atom is -0.341 e. The van der Waals surface area contributed by atoms with Gasteiger partial charge >= 0.3 is 0 Å². The van der Waals surface area contributed by atoms with Crippen LogP contribution in [-0.2, 0) is 4.79 Å². The molecule has 3 rings (SSSR count). The Kier molecular flexibility index (Phi) is 4.85. The van der Waals surface area contributed by atoms with Crippen molar-refractivity contribution in [3.8, 4) is 0 Å². The van der Waals surface area contributed by atoms with Gasteiger partial charge < -0.3 is 9.80 Å². The van der Waals surface area contributed by atoms with E-state index >= 15 is 0 Å². The van der Waals surface area contributed by atoms with Gasteiger partial charge in [0, 0.05) is 37.6 Å². The van der Waals surface area contributed by atoms with Gasteiger partial charge in [0.25, 0.3) is 5.91 Å². The Balaban J connectivity index is 1.62. The van der Waals surface area contributed by atoms with Gasteiger partial charge in [0.05, 0.1) is 5.56 Å². The van der Waals surface area contributed by atoms with Crippen molar-refractivity contribution in [1.29, 1.82) is 0 Å². The molecule has 0 unspecified atom stereocenters. The van der Waals surface area contributed by atoms with Crippen molar-refractivity contribution < 1.29 is 14.0 Å². The fraction of sp³-hybridized carbons (Fsp3) is 0.529. The smallest absolute Gasteiger partial charge is 0.256 e. The predicted molar refractivity (Wildman–Crippen MR) is 85.9 cm³/mol. The highest BCUT2D eigenvalue weighted by molar-refractivity contribution is 6.30. The van der Waals surface area contributed by atoms with E-state index in [1.807, 2.05) is 4.90 Å². The summed E-state index contributed by atoms with van der Waals surface area (Å²) in [4.78, 5) is 28.1. The first kappa shape index (κ1) is 16.2. The zero-order valence-electron chi connectivity index (χ0n) is 12.9. The Morgan fingerprint density at radius 3 is 2.52 bits per heavy atom. The van der Waals surface area contributed by atoms with Crippen molar-refractivity contribution in [2.45, 2.75) is 25.7 Å². The van der Waals surface area contributed by atoms with E-state index in [2.05, 4.69) is 0 Å². The van der Waals surface area contributed by atoms with Gasteiger partial charge in [0.15, 0.2) is 0 Å². The van der Waals surface area contributed by atoms with E-state index in [9.17, 15) is 14.0 Å². The first-order valence-electron chi connectivity index (χ1n) is 8.06. The molecule has 1 aliphatic carbocycles. The number of amides is 2. The van der Waals surface area contributed by atoms with Crippen LogP contribution >= 0.6 is 11.6 Å². The van der Waals surface area contributed by atoms with E-state index in [4.69, 9.17) is 11.6 Å². The Labute approximate surface area is 140 Å². The Hall–Kier alpha value is -1.62. The second kappa shape index (κ2) is 6.87. The Morgan fingerprint density at radius 1 is 1.13 bits per heavy atom. The molecule has 1 heterocycles. The maximum Gasteiger partial charge on any atom is 0.256 e. The van der Waals surface area contributed by atoms with Gasteiger partial charge in [-0.05, 0) is 43.4 Å². The van der Waals surface area contributed by atoms with E-state index in [-0.39, 0.29) is 22.4 Å². The van der Waals surface area contributed by atoms with Gasteiger partial charge in [-0.3, -0.25) is 9.59 Å². The van der Waals surface area contributed by atoms with Crippen LogP contribution in [0.15, 0.2) is 18.2 Å². The van der Waals surface area contributed by atoms with Crippen molar-refractivity contribution in [2.24, 2.45) is 5.92 Å². The summed E-state index contributed by atoms with van der Waals surface area (Å²) < 4.78 is 13.9. The van der Waals surface area contributed by atoms with E-state index in [1.54, 1.807) is 4.90 Å². The number of carbonyl (C=O) groups excluding carboxylic acids is 2. The third kappa shape index (κ3) is 4.02. The second-order valence-electron chi connectivity index (χ2n) is 6.30. The highest BCUT2D eigenvalue weighted by Crippen LogP contribution is 2.33. The van der Waals surface area contributed by atoms with Crippen molar-refractivity contribution in [2.75, 3.05) is 26.2 Å². The molecule has 1 saturated heterocycles. The van der Waals surface area contributed by atoms with Gasteiger partial charge in [-0.1, -0.05) is 11.6 Å². The van der Waals surface area contributed by atoms with Crippen LogP contribution in [0.2, 0.25) is 5.02 Å². The van der Waals surface area contributed by atoms with Crippen LogP contribution in [0.1, 0.15) is 36.0 Å². The summed E-state index contributed by atoms with van der Waals surface area (Å²) in [6.07, 6.45) is 3.65. The lowest BCUT2D eigenvalue weighted by molar-refractivity contribution is -0.131. The van der Waals surface area contributed by atoms with Crippen LogP contribution < -0.4 is 0 Å². The van der Waals surface area contributed by atoms with Crippen molar-refractivity contribution in [3.05, 3.63) is 34.6 Å². The average molecular weight is 339 g/mol. The molecule has 1 aromatic rings. The summed E-state index contributed by atoms with van der Waals surface area (Å²) in [6, 6.07) is 4.08. The highest BCUT2D eigenvalue weighted by Gasteiger charge is 2.29. The first-order valence-corrected chi connectivity index (χ1v) is 8.44. The summed E-state index contributed by atoms with van der Waals surface area (Å²) in [5, 5.41) is 0.270. The van der Waals surface area contributed by atoms with E-state index in [1.165, 1.54) is 12.1 Å². The molecule has 0 radical (unpaired) electrons. The summed E-state index contributed by atoms with van der Waals surface area (Å²) in [6.45, 7) is 2.16. The fourth-order valence-corrected chi connectivity index (χ4v) is 3.06. The molecule has 23 heavy (non-hydrogen) atoms. The molecule has 0 spiro atoms. The lowest BCUT2D eigenvalue weighted by Crippen LogP contribution is -2.37. The average Bonchev–Trinajstić information content (AvgIpc) is 3.32. The van der Waals surface area contributed by atoms with Gasteiger partial charge in [-0.25, -0.2) is 4.39 Å². The van der Waals surface area contributed by atoms with Crippen LogP contribution in [0.25, 0.3) is 0 Å². The number of rotatable bonds is 3. The predicted octanol–water partition coefficient (Wildman–Crippen LogP) is 2.95. The number of hydrogen-bond donors (Lipinski definition) is 0. The molecule has 2 amide bonds.